The highest BCUT2D eigenvalue weighted by molar-refractivity contribution is 6.34. The summed E-state index contributed by atoms with van der Waals surface area (Å²) >= 11 is 12.4. The molecule has 2 atom stereocenters. The standard InChI is InChI=1S/C24H26Cl2FNO3/c1-14(16-8-17(25)10-18(26)9-16)28-7-3-4-19(13-28)31-23-12-22(27)21(24(29)30-2)11-20(23)15-5-6-15/h8-12,14-15,19H,3-7,13H2,1-2H3/t14-,19?/m0/s1. The summed E-state index contributed by atoms with van der Waals surface area (Å²) in [6.07, 6.45) is 3.85. The molecule has 1 aliphatic heterocycles. The maximum atomic E-state index is 14.6. The molecule has 1 aliphatic carbocycles. The molecule has 0 bridgehead atoms. The average molecular weight is 466 g/mol. The van der Waals surface area contributed by atoms with Gasteiger partial charge in [0.1, 0.15) is 17.7 Å². The summed E-state index contributed by atoms with van der Waals surface area (Å²) in [5.41, 5.74) is 1.92. The number of likely N-dealkylation sites (tertiary alicyclic amines) is 1. The second-order valence-corrected chi connectivity index (χ2v) is 9.26. The van der Waals surface area contributed by atoms with Crippen LogP contribution >= 0.6 is 23.2 Å². The molecule has 1 saturated heterocycles. The monoisotopic (exact) mass is 465 g/mol. The number of hydrogen-bond donors (Lipinski definition) is 0. The maximum absolute atomic E-state index is 14.6. The highest BCUT2D eigenvalue weighted by Crippen LogP contribution is 2.45. The van der Waals surface area contributed by atoms with Crippen LogP contribution in [0.4, 0.5) is 4.39 Å². The highest BCUT2D eigenvalue weighted by Gasteiger charge is 2.32. The van der Waals surface area contributed by atoms with Gasteiger partial charge in [0.25, 0.3) is 0 Å². The number of hydrogen-bond acceptors (Lipinski definition) is 4. The Hall–Kier alpha value is -1.82. The lowest BCUT2D eigenvalue weighted by Crippen LogP contribution is -2.42. The van der Waals surface area contributed by atoms with Crippen molar-refractivity contribution < 1.29 is 18.7 Å². The molecule has 2 fully saturated rings. The van der Waals surface area contributed by atoms with Gasteiger partial charge >= 0.3 is 5.97 Å². The minimum atomic E-state index is -0.663. The van der Waals surface area contributed by atoms with E-state index in [9.17, 15) is 9.18 Å². The van der Waals surface area contributed by atoms with Gasteiger partial charge in [0.2, 0.25) is 0 Å². The van der Waals surface area contributed by atoms with Gasteiger partial charge in [0.05, 0.1) is 12.7 Å². The van der Waals surface area contributed by atoms with Gasteiger partial charge in [0, 0.05) is 28.7 Å². The fourth-order valence-electron chi connectivity index (χ4n) is 4.27. The Morgan fingerprint density at radius 2 is 1.84 bits per heavy atom. The Morgan fingerprint density at radius 3 is 2.48 bits per heavy atom. The summed E-state index contributed by atoms with van der Waals surface area (Å²) in [5.74, 6) is -0.422. The Bertz CT molecular complexity index is 959. The molecular formula is C24H26Cl2FNO3. The predicted molar refractivity (Wildman–Crippen MR) is 120 cm³/mol. The number of methoxy groups -OCH3 is 1. The van der Waals surface area contributed by atoms with Crippen LogP contribution in [0, 0.1) is 5.82 Å². The Balaban J connectivity index is 1.52. The van der Waals surface area contributed by atoms with E-state index in [2.05, 4.69) is 11.8 Å². The Labute approximate surface area is 192 Å². The van der Waals surface area contributed by atoms with Crippen LogP contribution < -0.4 is 4.74 Å². The first-order valence-corrected chi connectivity index (χ1v) is 11.4. The van der Waals surface area contributed by atoms with Gasteiger partial charge in [-0.25, -0.2) is 9.18 Å². The molecule has 4 nitrogen and oxygen atoms in total. The molecule has 0 amide bonds. The first-order chi connectivity index (χ1) is 14.9. The van der Waals surface area contributed by atoms with Crippen molar-refractivity contribution in [3.8, 4) is 5.75 Å². The van der Waals surface area contributed by atoms with Crippen molar-refractivity contribution in [3.05, 3.63) is 62.9 Å². The van der Waals surface area contributed by atoms with E-state index in [1.54, 1.807) is 12.1 Å². The summed E-state index contributed by atoms with van der Waals surface area (Å²) in [6.45, 7) is 3.79. The number of carbonyl (C=O) groups excluding carboxylic acids is 1. The summed E-state index contributed by atoms with van der Waals surface area (Å²) in [6, 6.07) is 8.69. The van der Waals surface area contributed by atoms with E-state index >= 15 is 0 Å². The summed E-state index contributed by atoms with van der Waals surface area (Å²) in [5, 5.41) is 1.24. The van der Waals surface area contributed by atoms with Gasteiger partial charge in [-0.05, 0) is 80.5 Å². The number of rotatable bonds is 6. The van der Waals surface area contributed by atoms with Crippen molar-refractivity contribution in [2.75, 3.05) is 20.2 Å². The second kappa shape index (κ2) is 9.35. The van der Waals surface area contributed by atoms with Crippen molar-refractivity contribution in [1.29, 1.82) is 0 Å². The second-order valence-electron chi connectivity index (χ2n) is 8.39. The quantitative estimate of drug-likeness (QED) is 0.462. The van der Waals surface area contributed by atoms with E-state index in [4.69, 9.17) is 32.7 Å². The van der Waals surface area contributed by atoms with Crippen LogP contribution in [-0.2, 0) is 4.74 Å². The van der Waals surface area contributed by atoms with Crippen LogP contribution in [0.25, 0.3) is 0 Å². The van der Waals surface area contributed by atoms with Crippen molar-refractivity contribution in [1.82, 2.24) is 4.90 Å². The first-order valence-electron chi connectivity index (χ1n) is 10.6. The SMILES string of the molecule is COC(=O)c1cc(C2CC2)c(OC2CCCN([C@@H](C)c3cc(Cl)cc(Cl)c3)C2)cc1F. The molecule has 0 radical (unpaired) electrons. The molecular weight excluding hydrogens is 440 g/mol. The predicted octanol–water partition coefficient (Wildman–Crippen LogP) is 6.40. The molecule has 2 aromatic rings. The number of piperidine rings is 1. The van der Waals surface area contributed by atoms with Gasteiger partial charge in [-0.3, -0.25) is 4.90 Å². The van der Waals surface area contributed by atoms with E-state index in [-0.39, 0.29) is 17.7 Å². The van der Waals surface area contributed by atoms with Crippen molar-refractivity contribution in [2.45, 2.75) is 50.7 Å². The molecule has 2 aliphatic rings. The number of carbonyl (C=O) groups is 1. The van der Waals surface area contributed by atoms with Crippen LogP contribution in [0.1, 0.15) is 66.1 Å². The van der Waals surface area contributed by atoms with Gasteiger partial charge in [0.15, 0.2) is 0 Å². The van der Waals surface area contributed by atoms with E-state index in [1.165, 1.54) is 13.2 Å². The smallest absolute Gasteiger partial charge is 0.340 e. The number of halogens is 3. The largest absolute Gasteiger partial charge is 0.489 e. The Morgan fingerprint density at radius 1 is 1.13 bits per heavy atom. The molecule has 7 heteroatoms. The summed E-state index contributed by atoms with van der Waals surface area (Å²) in [4.78, 5) is 14.2. The van der Waals surface area contributed by atoms with Crippen molar-refractivity contribution in [3.63, 3.8) is 0 Å². The molecule has 1 heterocycles. The molecule has 1 unspecified atom stereocenters. The van der Waals surface area contributed by atoms with E-state index in [0.717, 1.165) is 49.9 Å². The zero-order valence-corrected chi connectivity index (χ0v) is 19.2. The third-order valence-corrected chi connectivity index (χ3v) is 6.58. The van der Waals surface area contributed by atoms with Gasteiger partial charge in [-0.1, -0.05) is 23.2 Å². The molecule has 0 N–H and O–H groups in total. The van der Waals surface area contributed by atoms with Gasteiger partial charge in [-0.15, -0.1) is 0 Å². The van der Waals surface area contributed by atoms with Crippen LogP contribution in [-0.4, -0.2) is 37.2 Å². The molecule has 31 heavy (non-hydrogen) atoms. The molecule has 4 rings (SSSR count). The number of nitrogens with zero attached hydrogens (tertiary/aromatic N) is 1. The highest BCUT2D eigenvalue weighted by atomic mass is 35.5. The molecule has 0 spiro atoms. The van der Waals surface area contributed by atoms with Gasteiger partial charge in [-0.2, -0.15) is 0 Å². The minimum Gasteiger partial charge on any atom is -0.489 e. The van der Waals surface area contributed by atoms with E-state index < -0.39 is 11.8 Å². The van der Waals surface area contributed by atoms with Crippen LogP contribution in [0.2, 0.25) is 10.0 Å². The molecule has 1 saturated carbocycles. The average Bonchev–Trinajstić information content (AvgIpc) is 3.57. The fourth-order valence-corrected chi connectivity index (χ4v) is 4.82. The lowest BCUT2D eigenvalue weighted by molar-refractivity contribution is 0.0593. The normalized spacial score (nSPS) is 20.4. The van der Waals surface area contributed by atoms with Crippen LogP contribution in [0.5, 0.6) is 5.75 Å². The van der Waals surface area contributed by atoms with E-state index in [1.807, 2.05) is 12.1 Å². The lowest BCUT2D eigenvalue weighted by atomic mass is 10.0. The molecule has 166 valence electrons. The minimum absolute atomic E-state index is 0.0338. The number of esters is 1. The third kappa shape index (κ3) is 5.16. The summed E-state index contributed by atoms with van der Waals surface area (Å²) < 4.78 is 25.6. The first kappa shape index (κ1) is 22.4. The topological polar surface area (TPSA) is 38.8 Å². The van der Waals surface area contributed by atoms with Crippen molar-refractivity contribution >= 4 is 29.2 Å². The zero-order valence-electron chi connectivity index (χ0n) is 17.7. The zero-order chi connectivity index (χ0) is 22.1. The number of benzene rings is 2. The van der Waals surface area contributed by atoms with Gasteiger partial charge < -0.3 is 9.47 Å². The summed E-state index contributed by atoms with van der Waals surface area (Å²) in [7, 11) is 1.26. The van der Waals surface area contributed by atoms with Crippen LogP contribution in [0.15, 0.2) is 30.3 Å². The van der Waals surface area contributed by atoms with E-state index in [0.29, 0.717) is 21.7 Å². The lowest BCUT2D eigenvalue weighted by Gasteiger charge is -2.37. The maximum Gasteiger partial charge on any atom is 0.340 e. The third-order valence-electron chi connectivity index (χ3n) is 6.14. The molecule has 2 aromatic carbocycles. The fraction of sp³-hybridized carbons (Fsp3) is 0.458. The Kier molecular flexibility index (Phi) is 6.75. The van der Waals surface area contributed by atoms with Crippen molar-refractivity contribution in [2.24, 2.45) is 0 Å². The molecule has 0 aromatic heterocycles. The van der Waals surface area contributed by atoms with Crippen LogP contribution in [0.3, 0.4) is 0 Å². The number of ether oxygens (including phenoxy) is 2.